The van der Waals surface area contributed by atoms with E-state index in [0.717, 1.165) is 13.7 Å². The molecule has 0 radical (unpaired) electrons. The number of carbonyl (C=O) groups is 1. The number of nitrogens with zero attached hydrogens (tertiary/aromatic N) is 1. The summed E-state index contributed by atoms with van der Waals surface area (Å²) in [6, 6.07) is 1.85. The van der Waals surface area contributed by atoms with E-state index in [1.54, 1.807) is 0 Å². The van der Waals surface area contributed by atoms with Gasteiger partial charge in [0.2, 0.25) is 0 Å². The molecule has 0 fully saturated rings. The van der Waals surface area contributed by atoms with Gasteiger partial charge in [0, 0.05) is 34.9 Å². The maximum absolute atomic E-state index is 11.9. The molecule has 0 unspecified atom stereocenters. The molecule has 0 saturated heterocycles. The van der Waals surface area contributed by atoms with Gasteiger partial charge in [-0.15, -0.1) is 11.3 Å². The van der Waals surface area contributed by atoms with Crippen molar-refractivity contribution < 1.29 is 17.9 Å². The monoisotopic (exact) mass is 370 g/mol. The average molecular weight is 371 g/mol. The molecule has 0 aliphatic rings. The fraction of sp³-hybridized carbons (Fsp3) is 0.500. The molecule has 0 atom stereocenters. The van der Waals surface area contributed by atoms with E-state index < -0.39 is 16.2 Å². The number of ether oxygens (including phenoxy) is 1. The van der Waals surface area contributed by atoms with Gasteiger partial charge in [0.05, 0.1) is 13.5 Å². The van der Waals surface area contributed by atoms with E-state index in [2.05, 4.69) is 25.4 Å². The third-order valence-corrected chi connectivity index (χ3v) is 5.53. The molecule has 0 bridgehead atoms. The van der Waals surface area contributed by atoms with Gasteiger partial charge < -0.3 is 4.74 Å². The van der Waals surface area contributed by atoms with Crippen molar-refractivity contribution in [2.24, 2.45) is 0 Å². The van der Waals surface area contributed by atoms with Gasteiger partial charge in [-0.25, -0.2) is 0 Å². The summed E-state index contributed by atoms with van der Waals surface area (Å²) in [5, 5.41) is 1.88. The lowest BCUT2D eigenvalue weighted by Crippen LogP contribution is -2.38. The third-order valence-electron chi connectivity index (χ3n) is 2.32. The second-order valence-corrected chi connectivity index (χ2v) is 7.48. The van der Waals surface area contributed by atoms with Crippen molar-refractivity contribution in [3.63, 3.8) is 0 Å². The van der Waals surface area contributed by atoms with Gasteiger partial charge in [-0.05, 0) is 22.0 Å². The van der Waals surface area contributed by atoms with Gasteiger partial charge in [0.15, 0.2) is 0 Å². The molecule has 9 heteroatoms. The average Bonchev–Trinajstić information content (AvgIpc) is 2.79. The first-order valence-electron chi connectivity index (χ1n) is 5.36. The van der Waals surface area contributed by atoms with Gasteiger partial charge in [0.25, 0.3) is 10.2 Å². The number of hydrogen-bond donors (Lipinski definition) is 1. The molecule has 1 aromatic rings. The molecule has 0 saturated carbocycles. The summed E-state index contributed by atoms with van der Waals surface area (Å²) in [6.45, 7) is 0.303. The van der Waals surface area contributed by atoms with Crippen LogP contribution in [0.1, 0.15) is 11.3 Å². The molecule has 1 N–H and O–H groups in total. The fourth-order valence-corrected chi connectivity index (χ4v) is 3.56. The van der Waals surface area contributed by atoms with Crippen LogP contribution in [-0.4, -0.2) is 39.4 Å². The minimum absolute atomic E-state index is 0.0263. The molecule has 1 aromatic heterocycles. The zero-order valence-corrected chi connectivity index (χ0v) is 13.8. The Balaban J connectivity index is 2.48. The number of hydrogen-bond acceptors (Lipinski definition) is 5. The van der Waals surface area contributed by atoms with Gasteiger partial charge >= 0.3 is 5.97 Å². The molecule has 0 amide bonds. The largest absolute Gasteiger partial charge is 0.469 e. The minimum Gasteiger partial charge on any atom is -0.469 e. The smallest absolute Gasteiger partial charge is 0.306 e. The highest BCUT2D eigenvalue weighted by atomic mass is 79.9. The predicted molar refractivity (Wildman–Crippen MR) is 77.0 cm³/mol. The molecule has 0 aromatic carbocycles. The summed E-state index contributed by atoms with van der Waals surface area (Å²) in [5.41, 5.74) is 0. The van der Waals surface area contributed by atoms with Crippen molar-refractivity contribution in [1.29, 1.82) is 0 Å². The highest BCUT2D eigenvalue weighted by Crippen LogP contribution is 2.19. The van der Waals surface area contributed by atoms with Crippen molar-refractivity contribution in [2.75, 3.05) is 20.7 Å². The highest BCUT2D eigenvalue weighted by molar-refractivity contribution is 9.10. The number of thiophene rings is 1. The Morgan fingerprint density at radius 2 is 2.26 bits per heavy atom. The topological polar surface area (TPSA) is 75.7 Å². The maximum Gasteiger partial charge on any atom is 0.306 e. The van der Waals surface area contributed by atoms with Crippen LogP contribution in [0.4, 0.5) is 0 Å². The maximum atomic E-state index is 11.9. The van der Waals surface area contributed by atoms with E-state index in [-0.39, 0.29) is 19.5 Å². The lowest BCUT2D eigenvalue weighted by Gasteiger charge is -2.16. The van der Waals surface area contributed by atoms with Crippen LogP contribution in [0.15, 0.2) is 15.9 Å². The van der Waals surface area contributed by atoms with Gasteiger partial charge in [-0.3, -0.25) is 4.79 Å². The lowest BCUT2D eigenvalue weighted by molar-refractivity contribution is -0.140. The molecule has 0 aliphatic heterocycles. The van der Waals surface area contributed by atoms with Crippen LogP contribution >= 0.6 is 27.3 Å². The van der Waals surface area contributed by atoms with Crippen LogP contribution in [0.3, 0.4) is 0 Å². The zero-order chi connectivity index (χ0) is 14.5. The number of carbonyl (C=O) groups excluding carboxylic acids is 1. The first kappa shape index (κ1) is 16.6. The molecule has 0 spiro atoms. The normalized spacial score (nSPS) is 11.8. The van der Waals surface area contributed by atoms with E-state index in [1.165, 1.54) is 25.5 Å². The minimum atomic E-state index is -3.59. The van der Waals surface area contributed by atoms with E-state index >= 15 is 0 Å². The summed E-state index contributed by atoms with van der Waals surface area (Å²) in [7, 11) is -0.906. The summed E-state index contributed by atoms with van der Waals surface area (Å²) < 4.78 is 32.7. The first-order valence-corrected chi connectivity index (χ1v) is 8.47. The lowest BCUT2D eigenvalue weighted by atomic mass is 10.4. The standard InChI is InChI=1S/C10H15BrN2O4S2/c1-13(4-3-10(14)17-2)19(15,16)12-6-9-5-8(11)7-18-9/h5,7,12H,3-4,6H2,1-2H3. The Hall–Kier alpha value is -0.480. The Bertz CT molecular complexity index is 529. The quantitative estimate of drug-likeness (QED) is 0.734. The molecule has 1 heterocycles. The Kier molecular flexibility index (Phi) is 6.40. The number of halogens is 1. The Labute approximate surface area is 125 Å². The third kappa shape index (κ3) is 5.57. The van der Waals surface area contributed by atoms with E-state index in [9.17, 15) is 13.2 Å². The highest BCUT2D eigenvalue weighted by Gasteiger charge is 2.18. The number of rotatable bonds is 7. The van der Waals surface area contributed by atoms with E-state index in [4.69, 9.17) is 0 Å². The number of nitrogens with one attached hydrogen (secondary N) is 1. The van der Waals surface area contributed by atoms with Crippen LogP contribution in [0.25, 0.3) is 0 Å². The molecule has 0 aliphatic carbocycles. The van der Waals surface area contributed by atoms with Crippen molar-refractivity contribution in [3.8, 4) is 0 Å². The summed E-state index contributed by atoms with van der Waals surface area (Å²) in [6.07, 6.45) is 0.0263. The molecule has 108 valence electrons. The van der Waals surface area contributed by atoms with Crippen LogP contribution in [-0.2, 0) is 26.3 Å². The molecule has 19 heavy (non-hydrogen) atoms. The zero-order valence-electron chi connectivity index (χ0n) is 10.6. The van der Waals surface area contributed by atoms with Crippen LogP contribution < -0.4 is 4.72 Å². The number of esters is 1. The van der Waals surface area contributed by atoms with E-state index in [1.807, 2.05) is 11.4 Å². The second kappa shape index (κ2) is 7.34. The van der Waals surface area contributed by atoms with Crippen LogP contribution in [0.5, 0.6) is 0 Å². The summed E-state index contributed by atoms with van der Waals surface area (Å²) in [4.78, 5) is 11.9. The van der Waals surface area contributed by atoms with Crippen LogP contribution in [0, 0.1) is 0 Å². The molecular formula is C10H15BrN2O4S2. The summed E-state index contributed by atoms with van der Waals surface area (Å²) >= 11 is 4.76. The summed E-state index contributed by atoms with van der Waals surface area (Å²) in [5.74, 6) is -0.441. The Morgan fingerprint density at radius 1 is 1.58 bits per heavy atom. The molecular weight excluding hydrogens is 356 g/mol. The Morgan fingerprint density at radius 3 is 2.79 bits per heavy atom. The molecule has 6 nitrogen and oxygen atoms in total. The molecule has 1 rings (SSSR count). The van der Waals surface area contributed by atoms with E-state index in [0.29, 0.717) is 0 Å². The van der Waals surface area contributed by atoms with Crippen molar-refractivity contribution in [3.05, 3.63) is 20.8 Å². The van der Waals surface area contributed by atoms with Crippen LogP contribution in [0.2, 0.25) is 0 Å². The SMILES string of the molecule is COC(=O)CCN(C)S(=O)(=O)NCc1cc(Br)cs1. The van der Waals surface area contributed by atoms with Crippen molar-refractivity contribution in [2.45, 2.75) is 13.0 Å². The first-order chi connectivity index (χ1) is 8.85. The van der Waals surface area contributed by atoms with Crippen molar-refractivity contribution in [1.82, 2.24) is 9.03 Å². The predicted octanol–water partition coefficient (Wildman–Crippen LogP) is 1.34. The van der Waals surface area contributed by atoms with Gasteiger partial charge in [0.1, 0.15) is 0 Å². The van der Waals surface area contributed by atoms with Crippen molar-refractivity contribution >= 4 is 43.4 Å². The fourth-order valence-electron chi connectivity index (χ4n) is 1.19. The second-order valence-electron chi connectivity index (χ2n) is 3.71. The van der Waals surface area contributed by atoms with Gasteiger partial charge in [-0.2, -0.15) is 17.4 Å². The number of methoxy groups -OCH3 is 1. The van der Waals surface area contributed by atoms with Gasteiger partial charge in [-0.1, -0.05) is 0 Å².